The van der Waals surface area contributed by atoms with Gasteiger partial charge in [-0.3, -0.25) is 10.2 Å². The number of aromatic nitrogens is 2. The molecule has 7 nitrogen and oxygen atoms in total. The minimum Gasteiger partial charge on any atom is -0.354 e. The maximum absolute atomic E-state index is 12.1. The number of urea groups is 1. The van der Waals surface area contributed by atoms with E-state index in [-0.39, 0.29) is 6.03 Å². The summed E-state index contributed by atoms with van der Waals surface area (Å²) in [6.45, 7) is 5.59. The number of nitrogens with zero attached hydrogens (tertiary/aromatic N) is 5. The maximum Gasteiger partial charge on any atom is 0.323 e. The highest BCUT2D eigenvalue weighted by Crippen LogP contribution is 2.20. The molecule has 1 N–H and O–H groups in total. The first kappa shape index (κ1) is 15.3. The molecule has 2 amide bonds. The Kier molecular flexibility index (Phi) is 4.31. The van der Waals surface area contributed by atoms with E-state index in [4.69, 9.17) is 0 Å². The number of carbonyl (C=O) groups is 1. The van der Waals surface area contributed by atoms with Crippen molar-refractivity contribution in [3.05, 3.63) is 36.0 Å². The zero-order valence-electron chi connectivity index (χ0n) is 13.3. The molecule has 4 heterocycles. The van der Waals surface area contributed by atoms with Gasteiger partial charge in [0.25, 0.3) is 0 Å². The van der Waals surface area contributed by atoms with Gasteiger partial charge in [0.05, 0.1) is 0 Å². The van der Waals surface area contributed by atoms with Gasteiger partial charge in [0.1, 0.15) is 5.82 Å². The number of anilines is 2. The molecule has 2 aliphatic rings. The largest absolute Gasteiger partial charge is 0.354 e. The zero-order chi connectivity index (χ0) is 16.4. The van der Waals surface area contributed by atoms with Gasteiger partial charge < -0.3 is 9.80 Å². The first-order chi connectivity index (χ1) is 11.8. The van der Waals surface area contributed by atoms with Gasteiger partial charge in [-0.25, -0.2) is 14.8 Å². The molecule has 0 spiro atoms. The van der Waals surface area contributed by atoms with E-state index in [2.05, 4.69) is 31.2 Å². The molecular weight excluding hydrogens is 324 g/mol. The smallest absolute Gasteiger partial charge is 0.323 e. The van der Waals surface area contributed by atoms with Gasteiger partial charge in [-0.2, -0.15) is 0 Å². The maximum atomic E-state index is 12.1. The number of thiazole rings is 1. The number of rotatable bonds is 3. The average Bonchev–Trinajstić information content (AvgIpc) is 3.08. The molecule has 2 aliphatic heterocycles. The first-order valence-electron chi connectivity index (χ1n) is 8.15. The number of hydrogen-bond donors (Lipinski definition) is 1. The third kappa shape index (κ3) is 3.20. The predicted molar refractivity (Wildman–Crippen MR) is 94.5 cm³/mol. The van der Waals surface area contributed by atoms with Crippen molar-refractivity contribution in [3.8, 4) is 0 Å². The van der Waals surface area contributed by atoms with Crippen LogP contribution in [0.5, 0.6) is 0 Å². The van der Waals surface area contributed by atoms with Crippen LogP contribution in [0.1, 0.15) is 0 Å². The Morgan fingerprint density at radius 2 is 1.96 bits per heavy atom. The number of amides is 2. The third-order valence-corrected chi connectivity index (χ3v) is 5.29. The third-order valence-electron chi connectivity index (χ3n) is 4.60. The standard InChI is InChI=1S/C16H20N6OS/c23-16(19-15-18-5-10-24-15)22-11-13(12-22)20-6-8-21(9-7-20)14-3-1-2-4-17-14/h1-5,10,13H,6-9,11-12H2,(H,18,19,23). The molecule has 2 aromatic heterocycles. The summed E-state index contributed by atoms with van der Waals surface area (Å²) in [5.41, 5.74) is 0. The van der Waals surface area contributed by atoms with Gasteiger partial charge in [0, 0.05) is 63.1 Å². The van der Waals surface area contributed by atoms with Crippen molar-refractivity contribution in [1.82, 2.24) is 19.8 Å². The minimum absolute atomic E-state index is 0.0479. The molecule has 0 aliphatic carbocycles. The molecule has 24 heavy (non-hydrogen) atoms. The average molecular weight is 344 g/mol. The fourth-order valence-electron chi connectivity index (χ4n) is 3.16. The van der Waals surface area contributed by atoms with E-state index in [1.165, 1.54) is 11.3 Å². The van der Waals surface area contributed by atoms with Gasteiger partial charge in [0.15, 0.2) is 5.13 Å². The summed E-state index contributed by atoms with van der Waals surface area (Å²) in [4.78, 5) is 27.2. The molecule has 4 rings (SSSR count). The summed E-state index contributed by atoms with van der Waals surface area (Å²) in [7, 11) is 0. The summed E-state index contributed by atoms with van der Waals surface area (Å²) >= 11 is 1.44. The van der Waals surface area contributed by atoms with Crippen LogP contribution in [-0.2, 0) is 0 Å². The Balaban J connectivity index is 1.23. The number of likely N-dealkylation sites (tertiary alicyclic amines) is 1. The lowest BCUT2D eigenvalue weighted by atomic mass is 10.1. The molecule has 2 fully saturated rings. The van der Waals surface area contributed by atoms with E-state index in [9.17, 15) is 4.79 Å². The normalized spacial score (nSPS) is 19.2. The molecule has 0 saturated carbocycles. The van der Waals surface area contributed by atoms with Gasteiger partial charge in [-0.05, 0) is 12.1 Å². The lowest BCUT2D eigenvalue weighted by Gasteiger charge is -2.48. The van der Waals surface area contributed by atoms with E-state index >= 15 is 0 Å². The van der Waals surface area contributed by atoms with Crippen LogP contribution in [0.3, 0.4) is 0 Å². The van der Waals surface area contributed by atoms with Crippen LogP contribution in [0.25, 0.3) is 0 Å². The van der Waals surface area contributed by atoms with Crippen molar-refractivity contribution in [3.63, 3.8) is 0 Å². The number of hydrogen-bond acceptors (Lipinski definition) is 6. The molecule has 0 atom stereocenters. The minimum atomic E-state index is -0.0479. The monoisotopic (exact) mass is 344 g/mol. The van der Waals surface area contributed by atoms with Gasteiger partial charge in [-0.1, -0.05) is 6.07 Å². The highest BCUT2D eigenvalue weighted by molar-refractivity contribution is 7.13. The molecule has 0 unspecified atom stereocenters. The second-order valence-electron chi connectivity index (χ2n) is 6.04. The first-order valence-corrected chi connectivity index (χ1v) is 9.03. The lowest BCUT2D eigenvalue weighted by molar-refractivity contribution is 0.0578. The van der Waals surface area contributed by atoms with Crippen LogP contribution < -0.4 is 10.2 Å². The zero-order valence-corrected chi connectivity index (χ0v) is 14.2. The van der Waals surface area contributed by atoms with Crippen molar-refractivity contribution in [2.45, 2.75) is 6.04 Å². The molecule has 0 bridgehead atoms. The summed E-state index contributed by atoms with van der Waals surface area (Å²) in [5.74, 6) is 1.05. The van der Waals surface area contributed by atoms with Gasteiger partial charge in [0.2, 0.25) is 0 Å². The fraction of sp³-hybridized carbons (Fsp3) is 0.438. The molecule has 0 aromatic carbocycles. The Morgan fingerprint density at radius 1 is 1.12 bits per heavy atom. The molecule has 0 radical (unpaired) electrons. The van der Waals surface area contributed by atoms with Crippen LogP contribution in [0.2, 0.25) is 0 Å². The van der Waals surface area contributed by atoms with Crippen LogP contribution in [0, 0.1) is 0 Å². The van der Waals surface area contributed by atoms with Crippen molar-refractivity contribution in [2.24, 2.45) is 0 Å². The number of nitrogens with one attached hydrogen (secondary N) is 1. The van der Waals surface area contributed by atoms with E-state index in [0.717, 1.165) is 45.1 Å². The van der Waals surface area contributed by atoms with Crippen LogP contribution >= 0.6 is 11.3 Å². The summed E-state index contributed by atoms with van der Waals surface area (Å²) in [6.07, 6.45) is 3.53. The fourth-order valence-corrected chi connectivity index (χ4v) is 3.68. The molecule has 8 heteroatoms. The number of piperazine rings is 1. The predicted octanol–water partition coefficient (Wildman–Crippen LogP) is 1.58. The highest BCUT2D eigenvalue weighted by Gasteiger charge is 2.36. The van der Waals surface area contributed by atoms with E-state index in [1.54, 1.807) is 6.20 Å². The highest BCUT2D eigenvalue weighted by atomic mass is 32.1. The molecule has 126 valence electrons. The van der Waals surface area contributed by atoms with Crippen molar-refractivity contribution >= 4 is 28.3 Å². The molecule has 2 aromatic rings. The summed E-state index contributed by atoms with van der Waals surface area (Å²) in [6, 6.07) is 6.45. The van der Waals surface area contributed by atoms with E-state index in [0.29, 0.717) is 11.2 Å². The topological polar surface area (TPSA) is 64.6 Å². The number of pyridine rings is 1. The van der Waals surface area contributed by atoms with Gasteiger partial charge >= 0.3 is 6.03 Å². The van der Waals surface area contributed by atoms with Crippen molar-refractivity contribution < 1.29 is 4.79 Å². The number of carbonyl (C=O) groups excluding carboxylic acids is 1. The van der Waals surface area contributed by atoms with Crippen LogP contribution in [-0.4, -0.2) is 71.1 Å². The van der Waals surface area contributed by atoms with E-state index < -0.39 is 0 Å². The summed E-state index contributed by atoms with van der Waals surface area (Å²) in [5, 5.41) is 5.35. The molecular formula is C16H20N6OS. The van der Waals surface area contributed by atoms with E-state index in [1.807, 2.05) is 28.6 Å². The quantitative estimate of drug-likeness (QED) is 0.916. The Labute approximate surface area is 144 Å². The van der Waals surface area contributed by atoms with Crippen molar-refractivity contribution in [2.75, 3.05) is 49.5 Å². The molecule has 2 saturated heterocycles. The second kappa shape index (κ2) is 6.74. The summed E-state index contributed by atoms with van der Waals surface area (Å²) < 4.78 is 0. The van der Waals surface area contributed by atoms with Crippen LogP contribution in [0.15, 0.2) is 36.0 Å². The van der Waals surface area contributed by atoms with Crippen LogP contribution in [0.4, 0.5) is 15.7 Å². The Morgan fingerprint density at radius 3 is 2.62 bits per heavy atom. The Hall–Kier alpha value is -2.19. The SMILES string of the molecule is O=C(Nc1nccs1)N1CC(N2CCN(c3ccccn3)CC2)C1. The van der Waals surface area contributed by atoms with Gasteiger partial charge in [-0.15, -0.1) is 11.3 Å². The Bertz CT molecular complexity index is 665. The second-order valence-corrected chi connectivity index (χ2v) is 6.93. The van der Waals surface area contributed by atoms with Crippen molar-refractivity contribution in [1.29, 1.82) is 0 Å². The lowest BCUT2D eigenvalue weighted by Crippen LogP contribution is -2.64.